The Morgan fingerprint density at radius 1 is 1.04 bits per heavy atom. The van der Waals surface area contributed by atoms with E-state index in [1.54, 1.807) is 24.3 Å². The third-order valence-electron chi connectivity index (χ3n) is 3.86. The summed E-state index contributed by atoms with van der Waals surface area (Å²) in [5.74, 6) is -0.301. The Morgan fingerprint density at radius 2 is 1.65 bits per heavy atom. The first-order valence-corrected chi connectivity index (χ1v) is 8.87. The van der Waals surface area contributed by atoms with Crippen LogP contribution in [-0.4, -0.2) is 34.7 Å². The minimum atomic E-state index is -0.363. The number of aromatic nitrogens is 2. The SMILES string of the molecule is CC(C)Cn1nc(C(=O)NCCNC(=O)C(C)C)c2ccccc2c1=O. The second-order valence-electron chi connectivity index (χ2n) is 6.98. The quantitative estimate of drug-likeness (QED) is 0.735. The molecule has 2 rings (SSSR count). The molecule has 2 aromatic rings. The number of fused-ring (bicyclic) bond motifs is 1. The summed E-state index contributed by atoms with van der Waals surface area (Å²) in [7, 11) is 0. The molecule has 0 radical (unpaired) electrons. The molecular formula is C19H26N4O3. The highest BCUT2D eigenvalue weighted by Crippen LogP contribution is 2.13. The molecule has 0 unspecified atom stereocenters. The minimum Gasteiger partial charge on any atom is -0.354 e. The third-order valence-corrected chi connectivity index (χ3v) is 3.86. The van der Waals surface area contributed by atoms with Crippen LogP contribution in [0.2, 0.25) is 0 Å². The van der Waals surface area contributed by atoms with Gasteiger partial charge in [0, 0.05) is 30.9 Å². The molecule has 0 aliphatic heterocycles. The van der Waals surface area contributed by atoms with Crippen molar-refractivity contribution in [3.8, 4) is 0 Å². The molecule has 2 amide bonds. The number of carbonyl (C=O) groups excluding carboxylic acids is 2. The van der Waals surface area contributed by atoms with Crippen molar-refractivity contribution in [3.63, 3.8) is 0 Å². The highest BCUT2D eigenvalue weighted by molar-refractivity contribution is 6.04. The first-order valence-electron chi connectivity index (χ1n) is 8.87. The van der Waals surface area contributed by atoms with E-state index in [0.717, 1.165) is 0 Å². The lowest BCUT2D eigenvalue weighted by Crippen LogP contribution is -2.37. The van der Waals surface area contributed by atoms with Crippen molar-refractivity contribution < 1.29 is 9.59 Å². The summed E-state index contributed by atoms with van der Waals surface area (Å²) >= 11 is 0. The summed E-state index contributed by atoms with van der Waals surface area (Å²) in [5.41, 5.74) is 0.0195. The largest absolute Gasteiger partial charge is 0.354 e. The van der Waals surface area contributed by atoms with Crippen LogP contribution < -0.4 is 16.2 Å². The van der Waals surface area contributed by atoms with Crippen LogP contribution in [0, 0.1) is 11.8 Å². The van der Waals surface area contributed by atoms with Gasteiger partial charge < -0.3 is 10.6 Å². The lowest BCUT2D eigenvalue weighted by atomic mass is 10.1. The van der Waals surface area contributed by atoms with Gasteiger partial charge in [-0.25, -0.2) is 4.68 Å². The Kier molecular flexibility index (Phi) is 6.49. The van der Waals surface area contributed by atoms with Gasteiger partial charge in [0.15, 0.2) is 5.69 Å². The van der Waals surface area contributed by atoms with Gasteiger partial charge in [-0.15, -0.1) is 0 Å². The van der Waals surface area contributed by atoms with Crippen molar-refractivity contribution in [2.45, 2.75) is 34.2 Å². The van der Waals surface area contributed by atoms with Crippen molar-refractivity contribution in [2.75, 3.05) is 13.1 Å². The fourth-order valence-corrected chi connectivity index (χ4v) is 2.52. The van der Waals surface area contributed by atoms with Crippen LogP contribution in [0.15, 0.2) is 29.1 Å². The third kappa shape index (κ3) is 4.68. The molecule has 0 saturated carbocycles. The molecule has 7 heteroatoms. The molecule has 0 atom stereocenters. The zero-order valence-electron chi connectivity index (χ0n) is 15.7. The lowest BCUT2D eigenvalue weighted by molar-refractivity contribution is -0.123. The molecule has 2 N–H and O–H groups in total. The van der Waals surface area contributed by atoms with E-state index in [4.69, 9.17) is 0 Å². The predicted octanol–water partition coefficient (Wildman–Crippen LogP) is 1.55. The Hall–Kier alpha value is -2.70. The highest BCUT2D eigenvalue weighted by Gasteiger charge is 2.17. The minimum absolute atomic E-state index is 0.0618. The van der Waals surface area contributed by atoms with Gasteiger partial charge in [0.05, 0.1) is 5.39 Å². The fraction of sp³-hybridized carbons (Fsp3) is 0.474. The molecule has 140 valence electrons. The average molecular weight is 358 g/mol. The first-order chi connectivity index (χ1) is 12.3. The van der Waals surface area contributed by atoms with Gasteiger partial charge >= 0.3 is 0 Å². The number of hydrogen-bond donors (Lipinski definition) is 2. The Balaban J connectivity index is 2.22. The first kappa shape index (κ1) is 19.6. The molecule has 1 aromatic heterocycles. The van der Waals surface area contributed by atoms with E-state index < -0.39 is 0 Å². The van der Waals surface area contributed by atoms with Gasteiger partial charge in [0.25, 0.3) is 11.5 Å². The van der Waals surface area contributed by atoms with Crippen LogP contribution in [0.25, 0.3) is 10.8 Å². The molecule has 0 aliphatic rings. The van der Waals surface area contributed by atoms with E-state index in [2.05, 4.69) is 15.7 Å². The number of nitrogens with one attached hydrogen (secondary N) is 2. The van der Waals surface area contributed by atoms with E-state index in [9.17, 15) is 14.4 Å². The summed E-state index contributed by atoms with van der Waals surface area (Å²) in [6.45, 7) is 8.65. The number of carbonyl (C=O) groups is 2. The normalized spacial score (nSPS) is 11.2. The van der Waals surface area contributed by atoms with E-state index in [-0.39, 0.29) is 41.4 Å². The van der Waals surface area contributed by atoms with Crippen LogP contribution in [0.4, 0.5) is 0 Å². The number of amides is 2. The Labute approximate surface area is 152 Å². The molecule has 0 fully saturated rings. The molecule has 1 aromatic carbocycles. The van der Waals surface area contributed by atoms with Gasteiger partial charge in [-0.2, -0.15) is 5.10 Å². The monoisotopic (exact) mass is 358 g/mol. The number of rotatable bonds is 7. The van der Waals surface area contributed by atoms with Gasteiger partial charge in [-0.05, 0) is 12.0 Å². The Morgan fingerprint density at radius 3 is 2.27 bits per heavy atom. The van der Waals surface area contributed by atoms with Crippen LogP contribution in [-0.2, 0) is 11.3 Å². The number of hydrogen-bond acceptors (Lipinski definition) is 4. The van der Waals surface area contributed by atoms with Gasteiger partial charge in [0.2, 0.25) is 5.91 Å². The molecule has 0 saturated heterocycles. The molecule has 0 bridgehead atoms. The van der Waals surface area contributed by atoms with E-state index in [0.29, 0.717) is 23.9 Å². The lowest BCUT2D eigenvalue weighted by Gasteiger charge is -2.13. The van der Waals surface area contributed by atoms with Crippen molar-refractivity contribution in [1.82, 2.24) is 20.4 Å². The number of nitrogens with zero attached hydrogens (tertiary/aromatic N) is 2. The van der Waals surface area contributed by atoms with Gasteiger partial charge in [-0.1, -0.05) is 45.9 Å². The van der Waals surface area contributed by atoms with Gasteiger partial charge in [-0.3, -0.25) is 14.4 Å². The number of benzene rings is 1. The van der Waals surface area contributed by atoms with Crippen molar-refractivity contribution in [3.05, 3.63) is 40.3 Å². The maximum atomic E-state index is 12.6. The molecule has 26 heavy (non-hydrogen) atoms. The van der Waals surface area contributed by atoms with E-state index >= 15 is 0 Å². The predicted molar refractivity (Wildman–Crippen MR) is 101 cm³/mol. The molecule has 1 heterocycles. The molecule has 0 spiro atoms. The van der Waals surface area contributed by atoms with Crippen molar-refractivity contribution >= 4 is 22.6 Å². The van der Waals surface area contributed by atoms with Crippen LogP contribution in [0.5, 0.6) is 0 Å². The summed E-state index contributed by atoms with van der Waals surface area (Å²) in [4.78, 5) is 36.7. The summed E-state index contributed by atoms with van der Waals surface area (Å²) < 4.78 is 1.35. The van der Waals surface area contributed by atoms with Crippen molar-refractivity contribution in [2.24, 2.45) is 11.8 Å². The smallest absolute Gasteiger partial charge is 0.274 e. The molecule has 7 nitrogen and oxygen atoms in total. The topological polar surface area (TPSA) is 93.1 Å². The van der Waals surface area contributed by atoms with Crippen LogP contribution in [0.3, 0.4) is 0 Å². The second-order valence-corrected chi connectivity index (χ2v) is 6.98. The van der Waals surface area contributed by atoms with Crippen LogP contribution in [0.1, 0.15) is 38.2 Å². The molecular weight excluding hydrogens is 332 g/mol. The van der Waals surface area contributed by atoms with E-state index in [1.165, 1.54) is 4.68 Å². The maximum Gasteiger partial charge on any atom is 0.274 e. The highest BCUT2D eigenvalue weighted by atomic mass is 16.2. The summed E-state index contributed by atoms with van der Waals surface area (Å²) in [6, 6.07) is 6.97. The zero-order chi connectivity index (χ0) is 19.3. The van der Waals surface area contributed by atoms with Gasteiger partial charge in [0.1, 0.15) is 0 Å². The van der Waals surface area contributed by atoms with E-state index in [1.807, 2.05) is 27.7 Å². The molecule has 0 aliphatic carbocycles. The second kappa shape index (κ2) is 8.60. The Bertz CT molecular complexity index is 855. The summed E-state index contributed by atoms with van der Waals surface area (Å²) in [6.07, 6.45) is 0. The van der Waals surface area contributed by atoms with Crippen molar-refractivity contribution in [1.29, 1.82) is 0 Å². The standard InChI is InChI=1S/C19H26N4O3/c1-12(2)11-23-19(26)15-8-6-5-7-14(15)16(22-23)18(25)21-10-9-20-17(24)13(3)4/h5-8,12-13H,9-11H2,1-4H3,(H,20,24)(H,21,25). The average Bonchev–Trinajstić information content (AvgIpc) is 2.60. The van der Waals surface area contributed by atoms with Crippen LogP contribution >= 0.6 is 0 Å². The zero-order valence-corrected chi connectivity index (χ0v) is 15.7. The fourth-order valence-electron chi connectivity index (χ4n) is 2.52. The maximum absolute atomic E-state index is 12.6. The summed E-state index contributed by atoms with van der Waals surface area (Å²) in [5, 5.41) is 10.8.